The molecule has 8 nitrogen and oxygen atoms in total. The summed E-state index contributed by atoms with van der Waals surface area (Å²) in [6, 6.07) is 0. The third-order valence-corrected chi connectivity index (χ3v) is 3.28. The molecule has 4 N–H and O–H groups in total. The number of aliphatic carboxylic acids is 2. The summed E-state index contributed by atoms with van der Waals surface area (Å²) >= 11 is 0. The van der Waals surface area contributed by atoms with Crippen LogP contribution in [0.3, 0.4) is 0 Å². The van der Waals surface area contributed by atoms with E-state index in [0.29, 0.717) is 13.2 Å². The molecule has 0 aliphatic heterocycles. The van der Waals surface area contributed by atoms with Gasteiger partial charge < -0.3 is 40.2 Å². The molecule has 0 aromatic carbocycles. The summed E-state index contributed by atoms with van der Waals surface area (Å²) < 4.78 is 0. The standard InChI is InChI=1S/2C5H10O3.2C4H10O.Ti/c2*1-3-5(2,8)4(6)7;2*1-2-3-4-5;/h2*8H,3H2,1-2H3,(H,6,7);2*5H,2-4H2,1H3;/q;;;;+2/p-2. The van der Waals surface area contributed by atoms with Crippen LogP contribution in [-0.2, 0) is 31.3 Å². The van der Waals surface area contributed by atoms with E-state index in [1.807, 2.05) is 0 Å². The summed E-state index contributed by atoms with van der Waals surface area (Å²) in [7, 11) is 0. The topological polar surface area (TPSA) is 161 Å². The van der Waals surface area contributed by atoms with Crippen molar-refractivity contribution in [2.45, 2.75) is 91.3 Å². The predicted octanol–water partition coefficient (Wildman–Crippen LogP) is -0.650. The van der Waals surface area contributed by atoms with E-state index in [9.17, 15) is 19.8 Å². The predicted molar refractivity (Wildman–Crippen MR) is 95.8 cm³/mol. The van der Waals surface area contributed by atoms with Gasteiger partial charge >= 0.3 is 21.7 Å². The van der Waals surface area contributed by atoms with Crippen LogP contribution < -0.4 is 10.2 Å². The van der Waals surface area contributed by atoms with Crippen molar-refractivity contribution in [2.24, 2.45) is 0 Å². The van der Waals surface area contributed by atoms with E-state index in [0.717, 1.165) is 25.7 Å². The number of rotatable bonds is 8. The first-order chi connectivity index (χ1) is 11.8. The summed E-state index contributed by atoms with van der Waals surface area (Å²) in [6.45, 7) is 10.4. The smallest absolute Gasteiger partial charge is 0.547 e. The van der Waals surface area contributed by atoms with Crippen LogP contribution in [0.5, 0.6) is 0 Å². The van der Waals surface area contributed by atoms with E-state index in [2.05, 4.69) is 13.8 Å². The molecule has 0 aliphatic rings. The maximum atomic E-state index is 9.89. The number of aliphatic hydroxyl groups is 4. The van der Waals surface area contributed by atoms with Gasteiger partial charge in [-0.05, 0) is 39.5 Å². The van der Waals surface area contributed by atoms with Gasteiger partial charge in [0.1, 0.15) is 11.2 Å². The zero-order valence-electron chi connectivity index (χ0n) is 17.6. The summed E-state index contributed by atoms with van der Waals surface area (Å²) in [4.78, 5) is 19.8. The number of unbranched alkanes of at least 4 members (excludes halogenated alkanes) is 2. The Morgan fingerprint density at radius 3 is 0.963 bits per heavy atom. The van der Waals surface area contributed by atoms with Crippen LogP contribution in [0.15, 0.2) is 0 Å². The van der Waals surface area contributed by atoms with E-state index >= 15 is 0 Å². The van der Waals surface area contributed by atoms with E-state index < -0.39 is 23.1 Å². The van der Waals surface area contributed by atoms with Crippen LogP contribution in [0.4, 0.5) is 0 Å². The van der Waals surface area contributed by atoms with Gasteiger partial charge in [0.05, 0.1) is 11.9 Å². The number of hydrogen-bond donors (Lipinski definition) is 4. The van der Waals surface area contributed by atoms with Crippen molar-refractivity contribution < 1.29 is 61.9 Å². The Morgan fingerprint density at radius 2 is 0.963 bits per heavy atom. The molecule has 0 aromatic rings. The number of carbonyl (C=O) groups excluding carboxylic acids is 2. The van der Waals surface area contributed by atoms with E-state index in [4.69, 9.17) is 20.4 Å². The Kier molecular flexibility index (Phi) is 32.5. The second-order valence-electron chi connectivity index (χ2n) is 5.98. The number of carboxylic acid groups (broad SMARTS) is 2. The Bertz CT molecular complexity index is 297. The molecule has 0 saturated heterocycles. The zero-order valence-corrected chi connectivity index (χ0v) is 19.1. The molecule has 0 amide bonds. The maximum Gasteiger partial charge on any atom is 2.00 e. The summed E-state index contributed by atoms with van der Waals surface area (Å²) in [5.74, 6) is -2.83. The molecule has 0 heterocycles. The number of hydrogen-bond acceptors (Lipinski definition) is 8. The molecule has 0 rings (SSSR count). The van der Waals surface area contributed by atoms with Gasteiger partial charge in [0, 0.05) is 13.2 Å². The van der Waals surface area contributed by atoms with Crippen molar-refractivity contribution >= 4 is 11.9 Å². The van der Waals surface area contributed by atoms with Gasteiger partial charge in [-0.1, -0.05) is 40.5 Å². The molecule has 162 valence electrons. The monoisotopic (exact) mass is 430 g/mol. The van der Waals surface area contributed by atoms with E-state index in [-0.39, 0.29) is 34.6 Å². The SMILES string of the molecule is CCC(C)(O)C(=O)[O-].CCC(C)(O)C(=O)[O-].CCCCO.CCCCO.[Ti+2]. The van der Waals surface area contributed by atoms with Crippen molar-refractivity contribution in [3.8, 4) is 0 Å². The fraction of sp³-hybridized carbons (Fsp3) is 0.889. The van der Waals surface area contributed by atoms with Crippen LogP contribution in [-0.4, -0.2) is 56.8 Å². The molecular weight excluding hydrogens is 392 g/mol. The van der Waals surface area contributed by atoms with Gasteiger partial charge in [0.2, 0.25) is 0 Å². The second kappa shape index (κ2) is 23.5. The molecule has 0 saturated carbocycles. The van der Waals surface area contributed by atoms with E-state index in [1.54, 1.807) is 13.8 Å². The van der Waals surface area contributed by atoms with Crippen molar-refractivity contribution in [1.29, 1.82) is 0 Å². The molecular formula is C18H38O8Ti. The van der Waals surface area contributed by atoms with Crippen molar-refractivity contribution in [3.63, 3.8) is 0 Å². The summed E-state index contributed by atoms with van der Waals surface area (Å²) in [5.41, 5.74) is -3.31. The normalized spacial score (nSPS) is 13.4. The van der Waals surface area contributed by atoms with Gasteiger partial charge in [0.25, 0.3) is 0 Å². The van der Waals surface area contributed by atoms with E-state index in [1.165, 1.54) is 13.8 Å². The molecule has 9 heteroatoms. The van der Waals surface area contributed by atoms with Gasteiger partial charge in [-0.15, -0.1) is 0 Å². The van der Waals surface area contributed by atoms with Crippen molar-refractivity contribution in [3.05, 3.63) is 0 Å². The zero-order chi connectivity index (χ0) is 21.8. The Morgan fingerprint density at radius 1 is 0.741 bits per heavy atom. The second-order valence-corrected chi connectivity index (χ2v) is 5.98. The van der Waals surface area contributed by atoms with Crippen LogP contribution in [0, 0.1) is 0 Å². The molecule has 0 radical (unpaired) electrons. The molecule has 0 aliphatic carbocycles. The first-order valence-corrected chi connectivity index (χ1v) is 8.93. The average molecular weight is 430 g/mol. The number of carbonyl (C=O) groups is 2. The number of aliphatic hydroxyl groups excluding tert-OH is 2. The first kappa shape index (κ1) is 37.3. The fourth-order valence-corrected chi connectivity index (χ4v) is 0.605. The van der Waals surface area contributed by atoms with Gasteiger partial charge in [-0.3, -0.25) is 0 Å². The molecule has 0 bridgehead atoms. The maximum absolute atomic E-state index is 9.89. The van der Waals surface area contributed by atoms with Crippen molar-refractivity contribution in [2.75, 3.05) is 13.2 Å². The molecule has 0 aromatic heterocycles. The molecule has 2 unspecified atom stereocenters. The minimum absolute atomic E-state index is 0. The van der Waals surface area contributed by atoms with Gasteiger partial charge in [0.15, 0.2) is 0 Å². The Labute approximate surface area is 178 Å². The minimum atomic E-state index is -1.65. The Hall–Kier alpha value is -0.506. The summed E-state index contributed by atoms with van der Waals surface area (Å²) in [5, 5.41) is 53.4. The molecule has 27 heavy (non-hydrogen) atoms. The molecule has 0 fully saturated rings. The van der Waals surface area contributed by atoms with Crippen LogP contribution in [0.25, 0.3) is 0 Å². The Balaban J connectivity index is -0.0000000807. The fourth-order valence-electron chi connectivity index (χ4n) is 0.605. The summed E-state index contributed by atoms with van der Waals surface area (Å²) in [6.07, 6.45) is 4.43. The van der Waals surface area contributed by atoms with Crippen LogP contribution in [0.2, 0.25) is 0 Å². The molecule has 2 atom stereocenters. The largest absolute Gasteiger partial charge is 2.00 e. The van der Waals surface area contributed by atoms with Gasteiger partial charge in [-0.25, -0.2) is 0 Å². The third-order valence-electron chi connectivity index (χ3n) is 3.28. The third kappa shape index (κ3) is 30.5. The van der Waals surface area contributed by atoms with Crippen LogP contribution in [0.1, 0.15) is 80.1 Å². The first-order valence-electron chi connectivity index (χ1n) is 8.93. The minimum Gasteiger partial charge on any atom is -0.547 e. The quantitative estimate of drug-likeness (QED) is 0.370. The molecule has 0 spiro atoms. The van der Waals surface area contributed by atoms with Crippen LogP contribution >= 0.6 is 0 Å². The average Bonchev–Trinajstić information content (AvgIpc) is 2.57. The number of carboxylic acids is 2. The van der Waals surface area contributed by atoms with Gasteiger partial charge in [-0.2, -0.15) is 0 Å². The van der Waals surface area contributed by atoms with Crippen molar-refractivity contribution in [1.82, 2.24) is 0 Å².